The highest BCUT2D eigenvalue weighted by atomic mass is 35.5. The Morgan fingerprint density at radius 1 is 1.25 bits per heavy atom. The molecule has 0 spiro atoms. The van der Waals surface area contributed by atoms with Crippen LogP contribution >= 0.6 is 11.6 Å². The fourth-order valence-electron chi connectivity index (χ4n) is 1.22. The van der Waals surface area contributed by atoms with Gasteiger partial charge in [-0.1, -0.05) is 12.1 Å². The number of hydrogen-bond donors (Lipinski definition) is 2. The highest BCUT2D eigenvalue weighted by Gasteiger charge is 2.12. The summed E-state index contributed by atoms with van der Waals surface area (Å²) in [6.07, 6.45) is 0.734. The Labute approximate surface area is 101 Å². The SMILES string of the molecule is NCCNS(=O)(=O)c1ccc(CCCl)cc1. The van der Waals surface area contributed by atoms with Crippen molar-refractivity contribution in [1.29, 1.82) is 0 Å². The summed E-state index contributed by atoms with van der Waals surface area (Å²) in [5, 5.41) is 0. The van der Waals surface area contributed by atoms with Crippen molar-refractivity contribution in [2.45, 2.75) is 11.3 Å². The van der Waals surface area contributed by atoms with Gasteiger partial charge in [0.2, 0.25) is 10.0 Å². The molecule has 0 amide bonds. The van der Waals surface area contributed by atoms with Gasteiger partial charge in [-0.2, -0.15) is 0 Å². The van der Waals surface area contributed by atoms with Crippen LogP contribution in [0.15, 0.2) is 29.2 Å². The van der Waals surface area contributed by atoms with Crippen molar-refractivity contribution in [3.05, 3.63) is 29.8 Å². The average Bonchev–Trinajstić information content (AvgIpc) is 2.28. The van der Waals surface area contributed by atoms with E-state index in [0.717, 1.165) is 12.0 Å². The van der Waals surface area contributed by atoms with Crippen LogP contribution in [0.2, 0.25) is 0 Å². The normalized spacial score (nSPS) is 11.6. The van der Waals surface area contributed by atoms with Gasteiger partial charge >= 0.3 is 0 Å². The molecule has 0 aromatic heterocycles. The van der Waals surface area contributed by atoms with Crippen molar-refractivity contribution in [1.82, 2.24) is 4.72 Å². The van der Waals surface area contributed by atoms with E-state index >= 15 is 0 Å². The lowest BCUT2D eigenvalue weighted by molar-refractivity contribution is 0.582. The molecular weight excluding hydrogens is 248 g/mol. The van der Waals surface area contributed by atoms with E-state index in [-0.39, 0.29) is 18.0 Å². The van der Waals surface area contributed by atoms with E-state index in [2.05, 4.69) is 4.72 Å². The summed E-state index contributed by atoms with van der Waals surface area (Å²) in [5.74, 6) is 0.525. The van der Waals surface area contributed by atoms with Crippen molar-refractivity contribution in [3.8, 4) is 0 Å². The molecule has 16 heavy (non-hydrogen) atoms. The number of halogens is 1. The van der Waals surface area contributed by atoms with Gasteiger partial charge in [0.05, 0.1) is 4.90 Å². The number of aryl methyl sites for hydroxylation is 1. The second-order valence-corrected chi connectivity index (χ2v) is 5.41. The summed E-state index contributed by atoms with van der Waals surface area (Å²) in [5.41, 5.74) is 6.26. The molecule has 1 aromatic carbocycles. The summed E-state index contributed by atoms with van der Waals surface area (Å²) in [6.45, 7) is 0.523. The van der Waals surface area contributed by atoms with Gasteiger partial charge in [-0.3, -0.25) is 0 Å². The lowest BCUT2D eigenvalue weighted by Gasteiger charge is -2.06. The minimum Gasteiger partial charge on any atom is -0.329 e. The Morgan fingerprint density at radius 2 is 1.88 bits per heavy atom. The topological polar surface area (TPSA) is 72.2 Å². The van der Waals surface area contributed by atoms with Gasteiger partial charge in [0, 0.05) is 19.0 Å². The van der Waals surface area contributed by atoms with Gasteiger partial charge in [-0.25, -0.2) is 13.1 Å². The second kappa shape index (κ2) is 6.20. The van der Waals surface area contributed by atoms with Crippen molar-refractivity contribution >= 4 is 21.6 Å². The first-order valence-electron chi connectivity index (χ1n) is 4.95. The third-order valence-electron chi connectivity index (χ3n) is 2.05. The van der Waals surface area contributed by atoms with Crippen LogP contribution in [-0.4, -0.2) is 27.4 Å². The van der Waals surface area contributed by atoms with Crippen molar-refractivity contribution in [3.63, 3.8) is 0 Å². The first-order valence-corrected chi connectivity index (χ1v) is 6.96. The average molecular weight is 263 g/mol. The Hall–Kier alpha value is -0.620. The van der Waals surface area contributed by atoms with Gasteiger partial charge < -0.3 is 5.73 Å². The van der Waals surface area contributed by atoms with Gasteiger partial charge in [-0.15, -0.1) is 11.6 Å². The fourth-order valence-corrected chi connectivity index (χ4v) is 2.49. The molecule has 1 aromatic rings. The van der Waals surface area contributed by atoms with Gasteiger partial charge in [0.1, 0.15) is 0 Å². The molecule has 0 atom stereocenters. The number of benzene rings is 1. The molecule has 0 saturated heterocycles. The lowest BCUT2D eigenvalue weighted by atomic mass is 10.2. The number of nitrogens with one attached hydrogen (secondary N) is 1. The van der Waals surface area contributed by atoms with E-state index in [9.17, 15) is 8.42 Å². The Kier molecular flexibility index (Phi) is 5.21. The molecule has 0 unspecified atom stereocenters. The summed E-state index contributed by atoms with van der Waals surface area (Å²) >= 11 is 5.59. The largest absolute Gasteiger partial charge is 0.329 e. The predicted octanol–water partition coefficient (Wildman–Crippen LogP) is 0.705. The maximum atomic E-state index is 11.7. The molecular formula is C10H15ClN2O2S. The first-order chi connectivity index (χ1) is 7.60. The Bertz CT molecular complexity index is 417. The lowest BCUT2D eigenvalue weighted by Crippen LogP contribution is -2.29. The maximum absolute atomic E-state index is 11.7. The first kappa shape index (κ1) is 13.4. The Morgan fingerprint density at radius 3 is 2.38 bits per heavy atom. The van der Waals surface area contributed by atoms with Gasteiger partial charge in [0.25, 0.3) is 0 Å². The zero-order valence-corrected chi connectivity index (χ0v) is 10.4. The van der Waals surface area contributed by atoms with E-state index < -0.39 is 10.0 Å². The monoisotopic (exact) mass is 262 g/mol. The molecule has 0 heterocycles. The summed E-state index contributed by atoms with van der Waals surface area (Å²) in [7, 11) is -3.42. The number of alkyl halides is 1. The van der Waals surface area contributed by atoms with Crippen LogP contribution in [0, 0.1) is 0 Å². The predicted molar refractivity (Wildman–Crippen MR) is 65.1 cm³/mol. The van der Waals surface area contributed by atoms with E-state index in [0.29, 0.717) is 5.88 Å². The summed E-state index contributed by atoms with van der Waals surface area (Å²) in [4.78, 5) is 0.249. The van der Waals surface area contributed by atoms with Crippen LogP contribution in [-0.2, 0) is 16.4 Å². The molecule has 6 heteroatoms. The number of hydrogen-bond acceptors (Lipinski definition) is 3. The third kappa shape index (κ3) is 3.75. The molecule has 1 rings (SSSR count). The molecule has 0 aliphatic rings. The minimum absolute atomic E-state index is 0.242. The van der Waals surface area contributed by atoms with Crippen molar-refractivity contribution in [2.75, 3.05) is 19.0 Å². The van der Waals surface area contributed by atoms with Crippen LogP contribution in [0.5, 0.6) is 0 Å². The Balaban J connectivity index is 2.80. The molecule has 0 bridgehead atoms. The van der Waals surface area contributed by atoms with E-state index in [4.69, 9.17) is 17.3 Å². The van der Waals surface area contributed by atoms with Crippen LogP contribution in [0.4, 0.5) is 0 Å². The molecule has 0 radical (unpaired) electrons. The van der Waals surface area contributed by atoms with Gasteiger partial charge in [0.15, 0.2) is 0 Å². The van der Waals surface area contributed by atoms with E-state index in [1.807, 2.05) is 0 Å². The van der Waals surface area contributed by atoms with Crippen LogP contribution in [0.3, 0.4) is 0 Å². The fraction of sp³-hybridized carbons (Fsp3) is 0.400. The van der Waals surface area contributed by atoms with Crippen LogP contribution in [0.1, 0.15) is 5.56 Å². The zero-order valence-electron chi connectivity index (χ0n) is 8.82. The molecule has 0 fully saturated rings. The van der Waals surface area contributed by atoms with Gasteiger partial charge in [-0.05, 0) is 24.1 Å². The molecule has 0 aliphatic carbocycles. The summed E-state index contributed by atoms with van der Waals surface area (Å²) in [6, 6.07) is 6.67. The second-order valence-electron chi connectivity index (χ2n) is 3.27. The van der Waals surface area contributed by atoms with E-state index in [1.54, 1.807) is 24.3 Å². The standard InChI is InChI=1S/C10H15ClN2O2S/c11-6-5-9-1-3-10(4-2-9)16(14,15)13-8-7-12/h1-4,13H,5-8,12H2. The zero-order chi connectivity index (χ0) is 12.0. The molecule has 4 nitrogen and oxygen atoms in total. The number of sulfonamides is 1. The maximum Gasteiger partial charge on any atom is 0.240 e. The molecule has 90 valence electrons. The van der Waals surface area contributed by atoms with Crippen LogP contribution in [0.25, 0.3) is 0 Å². The van der Waals surface area contributed by atoms with Crippen molar-refractivity contribution in [2.24, 2.45) is 5.73 Å². The minimum atomic E-state index is -3.42. The molecule has 0 aliphatic heterocycles. The van der Waals surface area contributed by atoms with E-state index in [1.165, 1.54) is 0 Å². The number of rotatable bonds is 6. The highest BCUT2D eigenvalue weighted by Crippen LogP contribution is 2.10. The highest BCUT2D eigenvalue weighted by molar-refractivity contribution is 7.89. The van der Waals surface area contributed by atoms with Crippen molar-refractivity contribution < 1.29 is 8.42 Å². The number of nitrogens with two attached hydrogens (primary N) is 1. The third-order valence-corrected chi connectivity index (χ3v) is 3.72. The van der Waals surface area contributed by atoms with Crippen LogP contribution < -0.4 is 10.5 Å². The quantitative estimate of drug-likeness (QED) is 0.742. The molecule has 0 saturated carbocycles. The summed E-state index contributed by atoms with van der Waals surface area (Å²) < 4.78 is 25.7. The molecule has 3 N–H and O–H groups in total. The smallest absolute Gasteiger partial charge is 0.240 e.